The summed E-state index contributed by atoms with van der Waals surface area (Å²) in [5, 5.41) is 0. The maximum atomic E-state index is 12.2. The van der Waals surface area contributed by atoms with Gasteiger partial charge >= 0.3 is 0 Å². The number of nitrogens with zero attached hydrogens (tertiary/aromatic N) is 1. The lowest BCUT2D eigenvalue weighted by atomic mass is 9.85. The first kappa shape index (κ1) is 15.1. The average molecular weight is 273 g/mol. The monoisotopic (exact) mass is 273 g/mol. The lowest BCUT2D eigenvalue weighted by Crippen LogP contribution is -2.32. The molecule has 0 aromatic rings. The third-order valence-electron chi connectivity index (χ3n) is 4.50. The summed E-state index contributed by atoms with van der Waals surface area (Å²) in [6.07, 6.45) is 12.2. The molecular weight excluding hydrogens is 246 g/mol. The van der Waals surface area contributed by atoms with Crippen molar-refractivity contribution in [3.8, 4) is 0 Å². The van der Waals surface area contributed by atoms with Crippen LogP contribution < -0.4 is 0 Å². The zero-order valence-corrected chi connectivity index (χ0v) is 12.9. The number of rotatable bonds is 6. The molecule has 2 rings (SSSR count). The van der Waals surface area contributed by atoms with Crippen LogP contribution in [-0.2, 0) is 4.79 Å². The van der Waals surface area contributed by atoms with Crippen molar-refractivity contribution in [2.75, 3.05) is 13.1 Å². The van der Waals surface area contributed by atoms with E-state index in [-0.39, 0.29) is 0 Å². The number of hydrogen-bond acceptors (Lipinski definition) is 1. The van der Waals surface area contributed by atoms with Gasteiger partial charge in [-0.1, -0.05) is 29.4 Å². The van der Waals surface area contributed by atoms with Gasteiger partial charge in [-0.15, -0.1) is 6.58 Å². The Labute approximate surface area is 123 Å². The number of carbonyl (C=O) groups is 1. The highest BCUT2D eigenvalue weighted by Crippen LogP contribution is 2.31. The second kappa shape index (κ2) is 6.92. The standard InChI is InChI=1S/C18H27NO/c1-4-12-19(18(20)17-9-10-17)13-11-15(3)16-7-5-14(2)6-8-16/h4-5,11,16-17H,1,6-10,12-13H2,2-3H3/b15-11+. The van der Waals surface area contributed by atoms with Crippen molar-refractivity contribution >= 4 is 5.91 Å². The number of hydrogen-bond donors (Lipinski definition) is 0. The molecule has 1 unspecified atom stereocenters. The number of allylic oxidation sites excluding steroid dienone is 3. The molecule has 2 nitrogen and oxygen atoms in total. The quantitative estimate of drug-likeness (QED) is 0.667. The minimum absolute atomic E-state index is 0.295. The van der Waals surface area contributed by atoms with Crippen LogP contribution >= 0.6 is 0 Å². The number of carbonyl (C=O) groups excluding carboxylic acids is 1. The first-order valence-electron chi connectivity index (χ1n) is 7.83. The first-order chi connectivity index (χ1) is 9.61. The van der Waals surface area contributed by atoms with Crippen LogP contribution in [0.25, 0.3) is 0 Å². The Hall–Kier alpha value is -1.31. The van der Waals surface area contributed by atoms with Gasteiger partial charge in [-0.2, -0.15) is 0 Å². The van der Waals surface area contributed by atoms with Crippen LogP contribution in [0.1, 0.15) is 46.0 Å². The molecule has 0 aromatic carbocycles. The second-order valence-corrected chi connectivity index (χ2v) is 6.28. The van der Waals surface area contributed by atoms with Crippen LogP contribution in [0.2, 0.25) is 0 Å². The Morgan fingerprint density at radius 1 is 1.35 bits per heavy atom. The fraction of sp³-hybridized carbons (Fsp3) is 0.611. The van der Waals surface area contributed by atoms with Crippen molar-refractivity contribution in [3.05, 3.63) is 36.0 Å². The molecule has 0 aliphatic heterocycles. The summed E-state index contributed by atoms with van der Waals surface area (Å²) in [5.41, 5.74) is 2.96. The molecule has 1 amide bonds. The highest BCUT2D eigenvalue weighted by atomic mass is 16.2. The van der Waals surface area contributed by atoms with Crippen molar-refractivity contribution in [1.29, 1.82) is 0 Å². The summed E-state index contributed by atoms with van der Waals surface area (Å²) in [6.45, 7) is 9.61. The third-order valence-corrected chi connectivity index (χ3v) is 4.50. The van der Waals surface area contributed by atoms with Crippen molar-refractivity contribution in [1.82, 2.24) is 4.90 Å². The molecule has 2 aliphatic rings. The molecule has 0 N–H and O–H groups in total. The van der Waals surface area contributed by atoms with Crippen LogP contribution in [0.15, 0.2) is 36.0 Å². The Morgan fingerprint density at radius 2 is 2.10 bits per heavy atom. The molecule has 110 valence electrons. The molecule has 2 heteroatoms. The van der Waals surface area contributed by atoms with Crippen molar-refractivity contribution < 1.29 is 4.79 Å². The maximum absolute atomic E-state index is 12.2. The van der Waals surface area contributed by atoms with E-state index in [1.54, 1.807) is 0 Å². The van der Waals surface area contributed by atoms with E-state index in [2.05, 4.69) is 32.6 Å². The minimum atomic E-state index is 0.295. The van der Waals surface area contributed by atoms with E-state index in [9.17, 15) is 4.79 Å². The topological polar surface area (TPSA) is 20.3 Å². The van der Waals surface area contributed by atoms with E-state index in [0.717, 1.165) is 25.8 Å². The molecule has 1 saturated carbocycles. The third kappa shape index (κ3) is 4.09. The molecule has 0 heterocycles. The highest BCUT2D eigenvalue weighted by molar-refractivity contribution is 5.81. The van der Waals surface area contributed by atoms with Gasteiger partial charge in [0.15, 0.2) is 0 Å². The van der Waals surface area contributed by atoms with E-state index in [1.165, 1.54) is 24.0 Å². The first-order valence-corrected chi connectivity index (χ1v) is 7.83. The summed E-state index contributed by atoms with van der Waals surface area (Å²) in [5.74, 6) is 1.28. The van der Waals surface area contributed by atoms with Gasteiger partial charge in [0.1, 0.15) is 0 Å². The lowest BCUT2D eigenvalue weighted by molar-refractivity contribution is -0.131. The van der Waals surface area contributed by atoms with Gasteiger partial charge in [-0.3, -0.25) is 4.79 Å². The van der Waals surface area contributed by atoms with Crippen LogP contribution in [0, 0.1) is 11.8 Å². The minimum Gasteiger partial charge on any atom is -0.335 e. The predicted molar refractivity (Wildman–Crippen MR) is 84.4 cm³/mol. The average Bonchev–Trinajstić information content (AvgIpc) is 3.27. The van der Waals surface area contributed by atoms with Crippen molar-refractivity contribution in [3.63, 3.8) is 0 Å². The molecule has 2 aliphatic carbocycles. The molecule has 1 fully saturated rings. The molecule has 20 heavy (non-hydrogen) atoms. The van der Waals surface area contributed by atoms with Crippen LogP contribution in [0.3, 0.4) is 0 Å². The van der Waals surface area contributed by atoms with E-state index in [4.69, 9.17) is 0 Å². The SMILES string of the molecule is C=CCN(C/C=C(\C)C1CC=C(C)CC1)C(=O)C1CC1. The Bertz CT molecular complexity index is 429. The van der Waals surface area contributed by atoms with Gasteiger partial charge < -0.3 is 4.90 Å². The highest BCUT2D eigenvalue weighted by Gasteiger charge is 2.32. The largest absolute Gasteiger partial charge is 0.335 e. The number of amides is 1. The molecule has 1 atom stereocenters. The van der Waals surface area contributed by atoms with Crippen LogP contribution in [0.4, 0.5) is 0 Å². The fourth-order valence-electron chi connectivity index (χ4n) is 2.80. The van der Waals surface area contributed by atoms with Gasteiger partial charge in [0.2, 0.25) is 5.91 Å². The van der Waals surface area contributed by atoms with E-state index < -0.39 is 0 Å². The zero-order chi connectivity index (χ0) is 14.5. The van der Waals surface area contributed by atoms with Gasteiger partial charge in [-0.05, 0) is 51.9 Å². The van der Waals surface area contributed by atoms with Gasteiger partial charge in [0.25, 0.3) is 0 Å². The summed E-state index contributed by atoms with van der Waals surface area (Å²) in [7, 11) is 0. The van der Waals surface area contributed by atoms with E-state index in [0.29, 0.717) is 24.3 Å². The Morgan fingerprint density at radius 3 is 2.65 bits per heavy atom. The van der Waals surface area contributed by atoms with Gasteiger partial charge in [-0.25, -0.2) is 0 Å². The fourth-order valence-corrected chi connectivity index (χ4v) is 2.80. The molecule has 0 aromatic heterocycles. The molecule has 0 spiro atoms. The zero-order valence-electron chi connectivity index (χ0n) is 12.9. The predicted octanol–water partition coefficient (Wildman–Crippen LogP) is 4.10. The Balaban J connectivity index is 1.91. The molecule has 0 saturated heterocycles. The summed E-state index contributed by atoms with van der Waals surface area (Å²) >= 11 is 0. The van der Waals surface area contributed by atoms with Crippen LogP contribution in [-0.4, -0.2) is 23.9 Å². The van der Waals surface area contributed by atoms with Crippen molar-refractivity contribution in [2.45, 2.75) is 46.0 Å². The molecule has 0 bridgehead atoms. The van der Waals surface area contributed by atoms with E-state index in [1.807, 2.05) is 11.0 Å². The summed E-state index contributed by atoms with van der Waals surface area (Å²) in [4.78, 5) is 14.1. The second-order valence-electron chi connectivity index (χ2n) is 6.28. The summed E-state index contributed by atoms with van der Waals surface area (Å²) in [6, 6.07) is 0. The summed E-state index contributed by atoms with van der Waals surface area (Å²) < 4.78 is 0. The smallest absolute Gasteiger partial charge is 0.226 e. The lowest BCUT2D eigenvalue weighted by Gasteiger charge is -2.23. The Kier molecular flexibility index (Phi) is 5.22. The van der Waals surface area contributed by atoms with Crippen molar-refractivity contribution in [2.24, 2.45) is 11.8 Å². The molecular formula is C18H27NO. The van der Waals surface area contributed by atoms with E-state index >= 15 is 0 Å². The molecule has 0 radical (unpaired) electrons. The van der Waals surface area contributed by atoms with Gasteiger partial charge in [0.05, 0.1) is 0 Å². The van der Waals surface area contributed by atoms with Gasteiger partial charge in [0, 0.05) is 19.0 Å². The normalized spacial score (nSPS) is 23.2. The van der Waals surface area contributed by atoms with Crippen LogP contribution in [0.5, 0.6) is 0 Å². The maximum Gasteiger partial charge on any atom is 0.226 e.